The molecule has 1 fully saturated rings. The van der Waals surface area contributed by atoms with E-state index in [0.29, 0.717) is 49.9 Å². The van der Waals surface area contributed by atoms with Gasteiger partial charge in [-0.15, -0.1) is 0 Å². The molecular weight excluding hydrogens is 396 g/mol. The molecule has 1 amide bonds. The van der Waals surface area contributed by atoms with E-state index in [1.807, 2.05) is 0 Å². The predicted molar refractivity (Wildman–Crippen MR) is 110 cm³/mol. The number of carbonyl (C=O) groups is 5. The SMILES string of the molecule is CC(=O)Nc1ccc(C=O)cc1.N.NCCC[C@H](N)C(=O)O.O=C1CCCC(=O)O1. The van der Waals surface area contributed by atoms with Crippen molar-refractivity contribution in [2.24, 2.45) is 11.5 Å². The number of rotatable bonds is 6. The van der Waals surface area contributed by atoms with E-state index >= 15 is 0 Å². The summed E-state index contributed by atoms with van der Waals surface area (Å²) in [6.07, 6.45) is 3.34. The molecule has 9 N–H and O–H groups in total. The molecule has 1 aromatic carbocycles. The van der Waals surface area contributed by atoms with Gasteiger partial charge in [0.2, 0.25) is 5.91 Å². The quantitative estimate of drug-likeness (QED) is 0.247. The zero-order chi connectivity index (χ0) is 22.2. The third-order valence-corrected chi connectivity index (χ3v) is 3.39. The summed E-state index contributed by atoms with van der Waals surface area (Å²) in [5.74, 6) is -1.85. The van der Waals surface area contributed by atoms with Gasteiger partial charge in [0.15, 0.2) is 0 Å². The van der Waals surface area contributed by atoms with Crippen LogP contribution in [0.15, 0.2) is 24.3 Å². The summed E-state index contributed by atoms with van der Waals surface area (Å²) >= 11 is 0. The van der Waals surface area contributed by atoms with Crippen molar-refractivity contribution in [1.29, 1.82) is 0 Å². The summed E-state index contributed by atoms with van der Waals surface area (Å²) in [7, 11) is 0. The number of hydrogen-bond donors (Lipinski definition) is 5. The van der Waals surface area contributed by atoms with Crippen LogP contribution in [0.3, 0.4) is 0 Å². The lowest BCUT2D eigenvalue weighted by molar-refractivity contribution is -0.163. The first-order chi connectivity index (χ1) is 13.7. The highest BCUT2D eigenvalue weighted by Crippen LogP contribution is 2.07. The van der Waals surface area contributed by atoms with Crippen LogP contribution in [0.1, 0.15) is 49.4 Å². The van der Waals surface area contributed by atoms with Gasteiger partial charge in [-0.05, 0) is 50.1 Å². The Kier molecular flexibility index (Phi) is 16.2. The number of carbonyl (C=O) groups excluding carboxylic acids is 4. The van der Waals surface area contributed by atoms with Crippen LogP contribution >= 0.6 is 0 Å². The average molecular weight is 426 g/mol. The van der Waals surface area contributed by atoms with Gasteiger partial charge in [0, 0.05) is 31.0 Å². The normalized spacial score (nSPS) is 13.0. The molecule has 11 heteroatoms. The van der Waals surface area contributed by atoms with Crippen LogP contribution in [0.25, 0.3) is 0 Å². The van der Waals surface area contributed by atoms with Crippen LogP contribution in [-0.4, -0.2) is 47.8 Å². The van der Waals surface area contributed by atoms with Crippen LogP contribution < -0.4 is 22.9 Å². The molecule has 1 atom stereocenters. The number of benzene rings is 1. The number of ether oxygens (including phenoxy) is 1. The van der Waals surface area contributed by atoms with E-state index in [1.54, 1.807) is 24.3 Å². The number of esters is 2. The van der Waals surface area contributed by atoms with E-state index in [2.05, 4.69) is 10.1 Å². The summed E-state index contributed by atoms with van der Waals surface area (Å²) in [5, 5.41) is 10.8. The molecule has 0 spiro atoms. The second kappa shape index (κ2) is 16.8. The zero-order valence-electron chi connectivity index (χ0n) is 17.0. The lowest BCUT2D eigenvalue weighted by atomic mass is 10.2. The first-order valence-electron chi connectivity index (χ1n) is 8.94. The lowest BCUT2D eigenvalue weighted by Gasteiger charge is -2.06. The van der Waals surface area contributed by atoms with Gasteiger partial charge >= 0.3 is 17.9 Å². The Morgan fingerprint density at radius 2 is 1.73 bits per heavy atom. The molecule has 0 unspecified atom stereocenters. The molecule has 0 saturated carbocycles. The van der Waals surface area contributed by atoms with E-state index in [1.165, 1.54) is 6.92 Å². The maximum Gasteiger partial charge on any atom is 0.320 e. The number of amides is 1. The number of nitrogens with two attached hydrogens (primary N) is 2. The van der Waals surface area contributed by atoms with Gasteiger partial charge in [0.1, 0.15) is 12.3 Å². The molecule has 30 heavy (non-hydrogen) atoms. The maximum atomic E-state index is 10.6. The highest BCUT2D eigenvalue weighted by Gasteiger charge is 2.16. The number of aliphatic carboxylic acids is 1. The number of carboxylic acid groups (broad SMARTS) is 1. The summed E-state index contributed by atoms with van der Waals surface area (Å²) in [6, 6.07) is 5.93. The van der Waals surface area contributed by atoms with Crippen molar-refractivity contribution in [3.63, 3.8) is 0 Å². The Bertz CT molecular complexity index is 679. The molecular formula is C19H30N4O7. The number of cyclic esters (lactones) is 2. The summed E-state index contributed by atoms with van der Waals surface area (Å²) < 4.78 is 4.21. The molecule has 11 nitrogen and oxygen atoms in total. The van der Waals surface area contributed by atoms with Crippen molar-refractivity contribution in [1.82, 2.24) is 6.15 Å². The van der Waals surface area contributed by atoms with Crippen molar-refractivity contribution >= 4 is 35.8 Å². The second-order valence-corrected chi connectivity index (χ2v) is 6.00. The minimum atomic E-state index is -0.955. The molecule has 0 aromatic heterocycles. The van der Waals surface area contributed by atoms with Crippen molar-refractivity contribution in [2.75, 3.05) is 11.9 Å². The monoisotopic (exact) mass is 426 g/mol. The molecule has 2 rings (SSSR count). The van der Waals surface area contributed by atoms with Gasteiger partial charge in [0.25, 0.3) is 0 Å². The molecule has 1 heterocycles. The van der Waals surface area contributed by atoms with Crippen LogP contribution in [-0.2, 0) is 23.9 Å². The zero-order valence-corrected chi connectivity index (χ0v) is 17.0. The molecule has 168 valence electrons. The van der Waals surface area contributed by atoms with E-state index in [9.17, 15) is 24.0 Å². The Labute approximate surface area is 174 Å². The van der Waals surface area contributed by atoms with Gasteiger partial charge in [-0.25, -0.2) is 0 Å². The van der Waals surface area contributed by atoms with Crippen LogP contribution in [0, 0.1) is 0 Å². The molecule has 1 aromatic rings. The first-order valence-corrected chi connectivity index (χ1v) is 8.94. The van der Waals surface area contributed by atoms with Gasteiger partial charge < -0.3 is 32.8 Å². The fraction of sp³-hybridized carbons (Fsp3) is 0.421. The van der Waals surface area contributed by atoms with Crippen LogP contribution in [0.4, 0.5) is 5.69 Å². The Morgan fingerprint density at radius 1 is 1.20 bits per heavy atom. The predicted octanol–water partition coefficient (Wildman–Crippen LogP) is 0.997. The Balaban J connectivity index is 0. The van der Waals surface area contributed by atoms with E-state index in [0.717, 1.165) is 6.29 Å². The molecule has 0 aliphatic carbocycles. The topological polar surface area (TPSA) is 214 Å². The summed E-state index contributed by atoms with van der Waals surface area (Å²) in [4.78, 5) is 51.3. The third kappa shape index (κ3) is 14.9. The first kappa shape index (κ1) is 29.1. The largest absolute Gasteiger partial charge is 0.480 e. The van der Waals surface area contributed by atoms with E-state index in [-0.39, 0.29) is 24.0 Å². The molecule has 1 aliphatic heterocycles. The van der Waals surface area contributed by atoms with Crippen molar-refractivity contribution in [3.8, 4) is 0 Å². The smallest absolute Gasteiger partial charge is 0.320 e. The maximum absolute atomic E-state index is 10.6. The second-order valence-electron chi connectivity index (χ2n) is 6.00. The van der Waals surface area contributed by atoms with E-state index in [4.69, 9.17) is 16.6 Å². The molecule has 0 radical (unpaired) electrons. The third-order valence-electron chi connectivity index (χ3n) is 3.39. The molecule has 1 aliphatic rings. The minimum Gasteiger partial charge on any atom is -0.480 e. The number of anilines is 1. The summed E-state index contributed by atoms with van der Waals surface area (Å²) in [5.41, 5.74) is 11.6. The van der Waals surface area contributed by atoms with Gasteiger partial charge in [-0.3, -0.25) is 24.0 Å². The Morgan fingerprint density at radius 3 is 2.07 bits per heavy atom. The van der Waals surface area contributed by atoms with Crippen molar-refractivity contribution < 1.29 is 33.8 Å². The Hall–Kier alpha value is -3.15. The van der Waals surface area contributed by atoms with Gasteiger partial charge in [-0.2, -0.15) is 0 Å². The standard InChI is InChI=1S/C9H9NO2.C5H12N2O2.C5H6O3.H3N/c1-7(12)10-9-4-2-8(6-11)3-5-9;6-3-1-2-4(7)5(8)9;6-4-2-1-3-5(7)8-4;/h2-6H,1H3,(H,10,12);4H,1-3,6-7H2,(H,8,9);1-3H2;1H3/t;4-;;/m.0../s1. The van der Waals surface area contributed by atoms with E-state index < -0.39 is 12.0 Å². The molecule has 0 bridgehead atoms. The minimum absolute atomic E-state index is 0. The molecule has 1 saturated heterocycles. The van der Waals surface area contributed by atoms with Crippen LogP contribution in [0.5, 0.6) is 0 Å². The number of aldehydes is 1. The highest BCUT2D eigenvalue weighted by molar-refractivity contribution is 5.89. The fourth-order valence-electron chi connectivity index (χ4n) is 1.92. The number of carboxylic acids is 1. The fourth-order valence-corrected chi connectivity index (χ4v) is 1.92. The van der Waals surface area contributed by atoms with Gasteiger partial charge in [0.05, 0.1) is 0 Å². The van der Waals surface area contributed by atoms with Gasteiger partial charge in [-0.1, -0.05) is 0 Å². The summed E-state index contributed by atoms with van der Waals surface area (Å²) in [6.45, 7) is 1.94. The lowest BCUT2D eigenvalue weighted by Crippen LogP contribution is -2.30. The average Bonchev–Trinajstić information content (AvgIpc) is 2.67. The number of nitrogens with one attached hydrogen (secondary N) is 1. The number of hydrogen-bond acceptors (Lipinski definition) is 9. The van der Waals surface area contributed by atoms with Crippen LogP contribution in [0.2, 0.25) is 0 Å². The van der Waals surface area contributed by atoms with Crippen molar-refractivity contribution in [2.45, 2.75) is 45.1 Å². The van der Waals surface area contributed by atoms with Crippen molar-refractivity contribution in [3.05, 3.63) is 29.8 Å². The highest BCUT2D eigenvalue weighted by atomic mass is 16.6.